The van der Waals surface area contributed by atoms with Gasteiger partial charge in [-0.1, -0.05) is 26.8 Å². The zero-order valence-electron chi connectivity index (χ0n) is 13.6. The van der Waals surface area contributed by atoms with E-state index >= 15 is 0 Å². The molecule has 1 aliphatic rings. The normalized spacial score (nSPS) is 21.6. The molecule has 0 bridgehead atoms. The first kappa shape index (κ1) is 17.5. The van der Waals surface area contributed by atoms with E-state index in [1.807, 2.05) is 6.08 Å². The summed E-state index contributed by atoms with van der Waals surface area (Å²) in [5.74, 6) is -0.150. The minimum absolute atomic E-state index is 0.0854. The van der Waals surface area contributed by atoms with Crippen molar-refractivity contribution in [2.75, 3.05) is 13.2 Å². The zero-order valence-corrected chi connectivity index (χ0v) is 13.6. The SMILES string of the molecule is CCOC(=O)C1=C[C@H](C(C)C)[C@@H](CC)C(C(=O)OCC)=C1. The van der Waals surface area contributed by atoms with E-state index in [1.54, 1.807) is 19.9 Å². The largest absolute Gasteiger partial charge is 0.463 e. The van der Waals surface area contributed by atoms with E-state index in [9.17, 15) is 9.59 Å². The van der Waals surface area contributed by atoms with Crippen molar-refractivity contribution in [1.29, 1.82) is 0 Å². The summed E-state index contributed by atoms with van der Waals surface area (Å²) in [6.45, 7) is 10.5. The third-order valence-corrected chi connectivity index (χ3v) is 3.78. The number of ether oxygens (including phenoxy) is 2. The Hall–Kier alpha value is -1.58. The highest BCUT2D eigenvalue weighted by atomic mass is 16.5. The minimum Gasteiger partial charge on any atom is -0.463 e. The molecule has 0 aromatic carbocycles. The number of rotatable bonds is 6. The highest BCUT2D eigenvalue weighted by molar-refractivity contribution is 5.97. The van der Waals surface area contributed by atoms with Crippen LogP contribution in [0.1, 0.15) is 41.0 Å². The van der Waals surface area contributed by atoms with Gasteiger partial charge in [0, 0.05) is 5.57 Å². The first-order chi connectivity index (χ1) is 9.96. The molecule has 0 saturated heterocycles. The van der Waals surface area contributed by atoms with Gasteiger partial charge in [-0.2, -0.15) is 0 Å². The topological polar surface area (TPSA) is 52.6 Å². The molecule has 0 spiro atoms. The number of hydrogen-bond donors (Lipinski definition) is 0. The summed E-state index contributed by atoms with van der Waals surface area (Å²) in [6.07, 6.45) is 4.42. The second kappa shape index (κ2) is 8.01. The second-order valence-corrected chi connectivity index (χ2v) is 5.50. The molecule has 0 aromatic heterocycles. The average molecular weight is 294 g/mol. The maximum Gasteiger partial charge on any atom is 0.337 e. The molecular weight excluding hydrogens is 268 g/mol. The highest BCUT2D eigenvalue weighted by Crippen LogP contribution is 2.37. The first-order valence-electron chi connectivity index (χ1n) is 7.73. The Labute approximate surface area is 127 Å². The van der Waals surface area contributed by atoms with E-state index in [-0.39, 0.29) is 23.8 Å². The van der Waals surface area contributed by atoms with E-state index < -0.39 is 0 Å². The Morgan fingerprint density at radius 1 is 1.10 bits per heavy atom. The Bertz CT molecular complexity index is 446. The minimum atomic E-state index is -0.375. The summed E-state index contributed by atoms with van der Waals surface area (Å²) in [5, 5.41) is 0. The third kappa shape index (κ3) is 4.19. The van der Waals surface area contributed by atoms with Crippen LogP contribution in [0.25, 0.3) is 0 Å². The summed E-state index contributed by atoms with van der Waals surface area (Å²) < 4.78 is 10.2. The Kier molecular flexibility index (Phi) is 6.66. The molecule has 2 atom stereocenters. The Balaban J connectivity index is 3.19. The Morgan fingerprint density at radius 2 is 1.67 bits per heavy atom. The molecule has 0 radical (unpaired) electrons. The number of esters is 2. The molecule has 0 saturated carbocycles. The van der Waals surface area contributed by atoms with Crippen LogP contribution in [-0.4, -0.2) is 25.2 Å². The fraction of sp³-hybridized carbons (Fsp3) is 0.647. The van der Waals surface area contributed by atoms with Gasteiger partial charge >= 0.3 is 11.9 Å². The van der Waals surface area contributed by atoms with Crippen molar-refractivity contribution in [2.24, 2.45) is 17.8 Å². The second-order valence-electron chi connectivity index (χ2n) is 5.50. The molecule has 0 N–H and O–H groups in total. The van der Waals surface area contributed by atoms with Gasteiger partial charge in [-0.15, -0.1) is 0 Å². The van der Waals surface area contributed by atoms with Crippen molar-refractivity contribution in [3.63, 3.8) is 0 Å². The van der Waals surface area contributed by atoms with E-state index in [2.05, 4.69) is 20.8 Å². The third-order valence-electron chi connectivity index (χ3n) is 3.78. The predicted octanol–water partition coefficient (Wildman–Crippen LogP) is 3.28. The first-order valence-corrected chi connectivity index (χ1v) is 7.73. The van der Waals surface area contributed by atoms with Gasteiger partial charge in [-0.3, -0.25) is 0 Å². The summed E-state index contributed by atoms with van der Waals surface area (Å²) in [7, 11) is 0. The fourth-order valence-electron chi connectivity index (χ4n) is 2.77. The van der Waals surface area contributed by atoms with Gasteiger partial charge in [-0.05, 0) is 44.1 Å². The lowest BCUT2D eigenvalue weighted by atomic mass is 9.73. The van der Waals surface area contributed by atoms with Crippen molar-refractivity contribution in [3.8, 4) is 0 Å². The molecule has 1 aliphatic carbocycles. The molecular formula is C17H26O4. The molecule has 0 fully saturated rings. The van der Waals surface area contributed by atoms with Gasteiger partial charge in [0.05, 0.1) is 18.8 Å². The van der Waals surface area contributed by atoms with Crippen LogP contribution < -0.4 is 0 Å². The summed E-state index contributed by atoms with van der Waals surface area (Å²) >= 11 is 0. The van der Waals surface area contributed by atoms with Crippen LogP contribution >= 0.6 is 0 Å². The van der Waals surface area contributed by atoms with Crippen LogP contribution in [-0.2, 0) is 19.1 Å². The Morgan fingerprint density at radius 3 is 2.14 bits per heavy atom. The van der Waals surface area contributed by atoms with Crippen LogP contribution in [0.15, 0.2) is 23.3 Å². The van der Waals surface area contributed by atoms with Crippen molar-refractivity contribution in [2.45, 2.75) is 41.0 Å². The molecule has 4 nitrogen and oxygen atoms in total. The average Bonchev–Trinajstić information content (AvgIpc) is 2.46. The number of carbonyl (C=O) groups is 2. The maximum atomic E-state index is 12.2. The summed E-state index contributed by atoms with van der Waals surface area (Å²) in [5.41, 5.74) is 1.05. The molecule has 4 heteroatoms. The highest BCUT2D eigenvalue weighted by Gasteiger charge is 2.34. The van der Waals surface area contributed by atoms with Gasteiger partial charge in [0.25, 0.3) is 0 Å². The fourth-order valence-corrected chi connectivity index (χ4v) is 2.77. The zero-order chi connectivity index (χ0) is 16.0. The molecule has 0 unspecified atom stereocenters. The van der Waals surface area contributed by atoms with Gasteiger partial charge in [0.1, 0.15) is 0 Å². The predicted molar refractivity (Wildman–Crippen MR) is 81.5 cm³/mol. The summed E-state index contributed by atoms with van der Waals surface area (Å²) in [4.78, 5) is 24.2. The molecule has 21 heavy (non-hydrogen) atoms. The van der Waals surface area contributed by atoms with Crippen molar-refractivity contribution >= 4 is 11.9 Å². The molecule has 0 heterocycles. The van der Waals surface area contributed by atoms with E-state index in [0.29, 0.717) is 30.3 Å². The van der Waals surface area contributed by atoms with Crippen LogP contribution in [0.2, 0.25) is 0 Å². The van der Waals surface area contributed by atoms with Gasteiger partial charge in [0.2, 0.25) is 0 Å². The van der Waals surface area contributed by atoms with E-state index in [0.717, 1.165) is 6.42 Å². The van der Waals surface area contributed by atoms with Crippen molar-refractivity contribution in [1.82, 2.24) is 0 Å². The maximum absolute atomic E-state index is 12.2. The van der Waals surface area contributed by atoms with E-state index in [1.165, 1.54) is 0 Å². The summed E-state index contributed by atoms with van der Waals surface area (Å²) in [6, 6.07) is 0. The van der Waals surface area contributed by atoms with Crippen LogP contribution in [0.3, 0.4) is 0 Å². The van der Waals surface area contributed by atoms with Crippen LogP contribution in [0, 0.1) is 17.8 Å². The molecule has 118 valence electrons. The lowest BCUT2D eigenvalue weighted by molar-refractivity contribution is -0.139. The molecule has 0 amide bonds. The quantitative estimate of drug-likeness (QED) is 0.705. The van der Waals surface area contributed by atoms with E-state index in [4.69, 9.17) is 9.47 Å². The lowest BCUT2D eigenvalue weighted by Gasteiger charge is -2.31. The standard InChI is InChI=1S/C17H26O4/c1-6-13-14(11(4)5)9-12(16(18)20-7-2)10-15(13)17(19)21-8-3/h9-11,13-14H,6-8H2,1-5H3/t13-,14-/m1/s1. The van der Waals surface area contributed by atoms with Gasteiger partial charge < -0.3 is 9.47 Å². The van der Waals surface area contributed by atoms with Crippen molar-refractivity contribution in [3.05, 3.63) is 23.3 Å². The molecule has 0 aliphatic heterocycles. The monoisotopic (exact) mass is 294 g/mol. The van der Waals surface area contributed by atoms with Gasteiger partial charge in [-0.25, -0.2) is 9.59 Å². The van der Waals surface area contributed by atoms with Crippen LogP contribution in [0.5, 0.6) is 0 Å². The smallest absolute Gasteiger partial charge is 0.337 e. The lowest BCUT2D eigenvalue weighted by Crippen LogP contribution is -2.29. The van der Waals surface area contributed by atoms with Crippen molar-refractivity contribution < 1.29 is 19.1 Å². The van der Waals surface area contributed by atoms with Gasteiger partial charge in [0.15, 0.2) is 0 Å². The molecule has 1 rings (SSSR count). The number of hydrogen-bond acceptors (Lipinski definition) is 4. The van der Waals surface area contributed by atoms with Crippen LogP contribution in [0.4, 0.5) is 0 Å². The number of allylic oxidation sites excluding steroid dienone is 1. The molecule has 0 aromatic rings. The number of carbonyl (C=O) groups excluding carboxylic acids is 2.